The van der Waals surface area contributed by atoms with E-state index in [0.29, 0.717) is 22.5 Å². The van der Waals surface area contributed by atoms with Gasteiger partial charge in [0.25, 0.3) is 11.8 Å². The monoisotopic (exact) mass is 572 g/mol. The van der Waals surface area contributed by atoms with Gasteiger partial charge in [0.15, 0.2) is 5.78 Å². The summed E-state index contributed by atoms with van der Waals surface area (Å²) in [6.45, 7) is 4.00. The van der Waals surface area contributed by atoms with Crippen LogP contribution in [0.1, 0.15) is 50.5 Å². The Kier molecular flexibility index (Phi) is 9.90. The molecule has 0 unspecified atom stereocenters. The SMILES string of the molecule is CC.NNc1cc(C(=O)Nc2ccc(C(=O)c3ccc(NC(=O)c4cc(NN)c(N)cc4O)cc3)cc2)c(O)cc1N. The fraction of sp³-hybridized carbons (Fsp3) is 0.0690. The van der Waals surface area contributed by atoms with E-state index in [-0.39, 0.29) is 51.2 Å². The summed E-state index contributed by atoms with van der Waals surface area (Å²) in [5.41, 5.74) is 18.4. The third kappa shape index (κ3) is 6.85. The highest BCUT2D eigenvalue weighted by molar-refractivity contribution is 6.11. The molecule has 0 aliphatic heterocycles. The highest BCUT2D eigenvalue weighted by Crippen LogP contribution is 2.30. The lowest BCUT2D eigenvalue weighted by Gasteiger charge is -2.12. The number of nitrogen functional groups attached to an aromatic ring is 4. The second-order valence-electron chi connectivity index (χ2n) is 8.59. The largest absolute Gasteiger partial charge is 0.507 e. The van der Waals surface area contributed by atoms with E-state index in [1.54, 1.807) is 24.3 Å². The number of amides is 2. The highest BCUT2D eigenvalue weighted by atomic mass is 16.3. The van der Waals surface area contributed by atoms with Gasteiger partial charge in [0, 0.05) is 34.6 Å². The van der Waals surface area contributed by atoms with E-state index in [9.17, 15) is 24.6 Å². The molecule has 4 aromatic carbocycles. The Balaban J connectivity index is 0.00000237. The van der Waals surface area contributed by atoms with Crippen molar-refractivity contribution in [3.8, 4) is 11.5 Å². The minimum absolute atomic E-state index is 0.0439. The first-order valence-corrected chi connectivity index (χ1v) is 12.7. The molecule has 0 fully saturated rings. The predicted molar refractivity (Wildman–Crippen MR) is 164 cm³/mol. The van der Waals surface area contributed by atoms with Crippen molar-refractivity contribution in [2.45, 2.75) is 13.8 Å². The molecule has 0 bridgehead atoms. The smallest absolute Gasteiger partial charge is 0.259 e. The van der Waals surface area contributed by atoms with Crippen LogP contribution in [0, 0.1) is 0 Å². The maximum Gasteiger partial charge on any atom is 0.259 e. The van der Waals surface area contributed by atoms with Crippen molar-refractivity contribution in [3.05, 3.63) is 95.1 Å². The zero-order valence-electron chi connectivity index (χ0n) is 22.9. The molecule has 42 heavy (non-hydrogen) atoms. The second-order valence-corrected chi connectivity index (χ2v) is 8.59. The molecule has 4 aromatic rings. The first-order valence-electron chi connectivity index (χ1n) is 12.7. The number of hydrogen-bond acceptors (Lipinski definition) is 11. The number of nitrogens with two attached hydrogens (primary N) is 4. The number of hydrazine groups is 2. The van der Waals surface area contributed by atoms with Gasteiger partial charge >= 0.3 is 0 Å². The maximum absolute atomic E-state index is 12.9. The van der Waals surface area contributed by atoms with E-state index >= 15 is 0 Å². The zero-order chi connectivity index (χ0) is 31.0. The van der Waals surface area contributed by atoms with Gasteiger partial charge < -0.3 is 43.2 Å². The molecule has 2 amide bonds. The van der Waals surface area contributed by atoms with Crippen LogP contribution >= 0.6 is 0 Å². The van der Waals surface area contributed by atoms with Crippen LogP contribution < -0.4 is 44.6 Å². The minimum atomic E-state index is -0.603. The van der Waals surface area contributed by atoms with E-state index in [2.05, 4.69) is 21.5 Å². The summed E-state index contributed by atoms with van der Waals surface area (Å²) in [6.07, 6.45) is 0. The van der Waals surface area contributed by atoms with Crippen molar-refractivity contribution < 1.29 is 24.6 Å². The number of phenolic OH excluding ortho intramolecular Hbond substituents is 2. The number of ketones is 1. The molecule has 13 nitrogen and oxygen atoms in total. The standard InChI is InChI=1S/C27H26N8O5.C2H6/c28-19-11-23(36)17(9-21(19)34-30)26(39)32-15-5-1-13(2-6-15)25(38)14-3-7-16(8-4-14)33-27(40)18-10-22(35-31)20(29)12-24(18)37;1-2/h1-12,34-37H,28-31H2,(H,32,39)(H,33,40);1-2H3. The van der Waals surface area contributed by atoms with E-state index in [1.165, 1.54) is 48.5 Å². The highest BCUT2D eigenvalue weighted by Gasteiger charge is 2.17. The van der Waals surface area contributed by atoms with Crippen LogP contribution in [0.25, 0.3) is 0 Å². The van der Waals surface area contributed by atoms with Crippen molar-refractivity contribution in [2.75, 3.05) is 33.0 Å². The Hall–Kier alpha value is -5.79. The third-order valence-electron chi connectivity index (χ3n) is 5.95. The molecule has 0 aromatic heterocycles. The van der Waals surface area contributed by atoms with E-state index < -0.39 is 11.8 Å². The average Bonchev–Trinajstić information content (AvgIpc) is 2.98. The van der Waals surface area contributed by atoms with Crippen molar-refractivity contribution in [1.29, 1.82) is 0 Å². The lowest BCUT2D eigenvalue weighted by Crippen LogP contribution is -2.15. The number of carbonyl (C=O) groups is 3. The third-order valence-corrected chi connectivity index (χ3v) is 5.95. The fourth-order valence-corrected chi connectivity index (χ4v) is 3.80. The number of phenols is 2. The van der Waals surface area contributed by atoms with Crippen LogP contribution in [0.4, 0.5) is 34.1 Å². The van der Waals surface area contributed by atoms with Crippen LogP contribution in [-0.2, 0) is 0 Å². The summed E-state index contributed by atoms with van der Waals surface area (Å²) in [4.78, 5) is 38.2. The van der Waals surface area contributed by atoms with Crippen molar-refractivity contribution in [2.24, 2.45) is 11.7 Å². The molecule has 0 aliphatic rings. The van der Waals surface area contributed by atoms with Crippen LogP contribution in [0.5, 0.6) is 11.5 Å². The molecule has 0 saturated carbocycles. The molecule has 13 heteroatoms. The molecule has 0 spiro atoms. The molecule has 0 radical (unpaired) electrons. The summed E-state index contributed by atoms with van der Waals surface area (Å²) < 4.78 is 0. The van der Waals surface area contributed by atoms with Gasteiger partial charge in [0.2, 0.25) is 0 Å². The fourth-order valence-electron chi connectivity index (χ4n) is 3.80. The molecule has 0 atom stereocenters. The Morgan fingerprint density at radius 3 is 1.24 bits per heavy atom. The van der Waals surface area contributed by atoms with E-state index in [4.69, 9.17) is 23.2 Å². The van der Waals surface area contributed by atoms with Crippen molar-refractivity contribution in [1.82, 2.24) is 0 Å². The summed E-state index contributed by atoms with van der Waals surface area (Å²) >= 11 is 0. The van der Waals surface area contributed by atoms with E-state index in [0.717, 1.165) is 0 Å². The van der Waals surface area contributed by atoms with Crippen LogP contribution in [-0.4, -0.2) is 27.8 Å². The van der Waals surface area contributed by atoms with Gasteiger partial charge in [-0.05, 0) is 60.7 Å². The predicted octanol–water partition coefficient (Wildman–Crippen LogP) is 3.60. The first kappa shape index (κ1) is 30.7. The molecule has 0 aliphatic carbocycles. The molecular formula is C29H32N8O5. The molecule has 14 N–H and O–H groups in total. The van der Waals surface area contributed by atoms with Gasteiger partial charge in [0.1, 0.15) is 11.5 Å². The van der Waals surface area contributed by atoms with Crippen LogP contribution in [0.15, 0.2) is 72.8 Å². The van der Waals surface area contributed by atoms with E-state index in [1.807, 2.05) is 13.8 Å². The quantitative estimate of drug-likeness (QED) is 0.0480. The number of rotatable bonds is 8. The Morgan fingerprint density at radius 1 is 0.595 bits per heavy atom. The van der Waals surface area contributed by atoms with Crippen molar-refractivity contribution >= 4 is 51.7 Å². The Labute approximate surface area is 241 Å². The summed E-state index contributed by atoms with van der Waals surface area (Å²) in [7, 11) is 0. The van der Waals surface area contributed by atoms with Gasteiger partial charge in [-0.2, -0.15) is 0 Å². The number of aromatic hydroxyl groups is 2. The van der Waals surface area contributed by atoms with Gasteiger partial charge in [-0.1, -0.05) is 13.8 Å². The van der Waals surface area contributed by atoms with Crippen molar-refractivity contribution in [3.63, 3.8) is 0 Å². The minimum Gasteiger partial charge on any atom is -0.507 e. The topological polar surface area (TPSA) is 244 Å². The van der Waals surface area contributed by atoms with Gasteiger partial charge in [-0.25, -0.2) is 0 Å². The Morgan fingerprint density at radius 2 is 0.929 bits per heavy atom. The summed E-state index contributed by atoms with van der Waals surface area (Å²) in [5, 5.41) is 25.4. The molecule has 0 heterocycles. The molecule has 0 saturated heterocycles. The number of nitrogens with one attached hydrogen (secondary N) is 4. The number of carbonyl (C=O) groups excluding carboxylic acids is 3. The molecule has 4 rings (SSSR count). The Bertz CT molecular complexity index is 1490. The van der Waals surface area contributed by atoms with Crippen LogP contribution in [0.3, 0.4) is 0 Å². The van der Waals surface area contributed by atoms with Crippen LogP contribution in [0.2, 0.25) is 0 Å². The lowest BCUT2D eigenvalue weighted by molar-refractivity contribution is 0.101. The maximum atomic E-state index is 12.9. The zero-order valence-corrected chi connectivity index (χ0v) is 22.9. The lowest BCUT2D eigenvalue weighted by atomic mass is 10.0. The normalized spacial score (nSPS) is 10.1. The number of anilines is 6. The molecule has 218 valence electrons. The number of hydrogen-bond donors (Lipinski definition) is 10. The summed E-state index contributed by atoms with van der Waals surface area (Å²) in [6, 6.07) is 17.4. The first-order chi connectivity index (χ1) is 20.1. The van der Waals surface area contributed by atoms with Gasteiger partial charge in [-0.3, -0.25) is 26.1 Å². The average molecular weight is 573 g/mol. The van der Waals surface area contributed by atoms with Gasteiger partial charge in [-0.15, -0.1) is 0 Å². The second kappa shape index (κ2) is 13.5. The molecular weight excluding hydrogens is 540 g/mol. The summed E-state index contributed by atoms with van der Waals surface area (Å²) in [5.74, 6) is 8.62. The number of benzene rings is 4. The van der Waals surface area contributed by atoms with Gasteiger partial charge in [0.05, 0.1) is 33.9 Å².